The molecule has 0 amide bonds. The Hall–Kier alpha value is -0.790. The van der Waals surface area contributed by atoms with Crippen molar-refractivity contribution in [3.63, 3.8) is 0 Å². The third kappa shape index (κ3) is 0.529. The van der Waals surface area contributed by atoms with Crippen LogP contribution in [-0.2, 0) is 0 Å². The molecule has 0 aromatic carbocycles. The van der Waals surface area contributed by atoms with E-state index in [4.69, 9.17) is 0 Å². The first-order chi connectivity index (χ1) is 3.97. The normalized spacial score (nSPS) is 19.0. The Bertz CT molecular complexity index is 165. The Balaban J connectivity index is 2.28. The van der Waals surface area contributed by atoms with Gasteiger partial charge in [0.2, 0.25) is 6.26 Å². The van der Waals surface area contributed by atoms with Gasteiger partial charge in [0.15, 0.2) is 0 Å². The lowest BCUT2D eigenvalue weighted by Crippen LogP contribution is -1.73. The molecule has 1 aliphatic carbocycles. The van der Waals surface area contributed by atoms with Gasteiger partial charge in [0.05, 0.1) is 5.69 Å². The quantitative estimate of drug-likeness (QED) is 0.542. The second-order valence-corrected chi connectivity index (χ2v) is 2.14. The molecule has 2 nitrogen and oxygen atoms in total. The number of aromatic nitrogens is 1. The molecule has 1 fully saturated rings. The summed E-state index contributed by atoms with van der Waals surface area (Å²) >= 11 is 0. The van der Waals surface area contributed by atoms with Crippen molar-refractivity contribution in [3.05, 3.63) is 18.0 Å². The highest BCUT2D eigenvalue weighted by atomic mass is 16.5. The van der Waals surface area contributed by atoms with Crippen LogP contribution >= 0.6 is 0 Å². The molecule has 1 aliphatic rings. The van der Waals surface area contributed by atoms with E-state index in [0.29, 0.717) is 5.92 Å². The molecule has 2 rings (SSSR count). The molecule has 1 saturated carbocycles. The minimum atomic E-state index is 0.699. The zero-order valence-electron chi connectivity index (χ0n) is 4.42. The zero-order valence-corrected chi connectivity index (χ0v) is 4.42. The maximum atomic E-state index is 4.54. The fraction of sp³-hybridized carbons (Fsp3) is 0.500. The van der Waals surface area contributed by atoms with Gasteiger partial charge >= 0.3 is 0 Å². The van der Waals surface area contributed by atoms with Gasteiger partial charge in [-0.1, -0.05) is 5.16 Å². The van der Waals surface area contributed by atoms with Crippen molar-refractivity contribution in [2.75, 3.05) is 0 Å². The first-order valence-electron chi connectivity index (χ1n) is 2.79. The highest BCUT2D eigenvalue weighted by Gasteiger charge is 2.25. The van der Waals surface area contributed by atoms with Crippen LogP contribution in [0.1, 0.15) is 24.5 Å². The molecule has 41 valence electrons. The zero-order chi connectivity index (χ0) is 5.40. The second kappa shape index (κ2) is 1.34. The van der Waals surface area contributed by atoms with Crippen LogP contribution in [0.5, 0.6) is 0 Å². The SMILES string of the molecule is [c]1cc(C2CC2)no1. The first kappa shape index (κ1) is 4.13. The van der Waals surface area contributed by atoms with Gasteiger partial charge in [0.1, 0.15) is 0 Å². The van der Waals surface area contributed by atoms with Crippen LogP contribution in [-0.4, -0.2) is 5.16 Å². The Morgan fingerprint density at radius 1 is 1.75 bits per heavy atom. The molecule has 1 aromatic rings. The van der Waals surface area contributed by atoms with Crippen LogP contribution in [0.25, 0.3) is 0 Å². The average Bonchev–Trinajstić information content (AvgIpc) is 2.49. The lowest BCUT2D eigenvalue weighted by Gasteiger charge is -1.78. The van der Waals surface area contributed by atoms with Crippen molar-refractivity contribution in [3.8, 4) is 0 Å². The fourth-order valence-corrected chi connectivity index (χ4v) is 0.764. The topological polar surface area (TPSA) is 26.0 Å². The second-order valence-electron chi connectivity index (χ2n) is 2.14. The highest BCUT2D eigenvalue weighted by molar-refractivity contribution is 5.09. The first-order valence-corrected chi connectivity index (χ1v) is 2.79. The minimum Gasteiger partial charge on any atom is -0.353 e. The molecule has 0 atom stereocenters. The van der Waals surface area contributed by atoms with Gasteiger partial charge < -0.3 is 4.52 Å². The summed E-state index contributed by atoms with van der Waals surface area (Å²) < 4.78 is 4.54. The van der Waals surface area contributed by atoms with Gasteiger partial charge in [0, 0.05) is 12.0 Å². The number of hydrogen-bond donors (Lipinski definition) is 0. The molecule has 1 aromatic heterocycles. The molecule has 0 N–H and O–H groups in total. The lowest BCUT2D eigenvalue weighted by molar-refractivity contribution is 0.405. The lowest BCUT2D eigenvalue weighted by atomic mass is 10.3. The van der Waals surface area contributed by atoms with E-state index in [-0.39, 0.29) is 0 Å². The molecule has 8 heavy (non-hydrogen) atoms. The van der Waals surface area contributed by atoms with Crippen molar-refractivity contribution in [1.29, 1.82) is 0 Å². The van der Waals surface area contributed by atoms with Crippen LogP contribution < -0.4 is 0 Å². The Morgan fingerprint density at radius 2 is 2.62 bits per heavy atom. The monoisotopic (exact) mass is 108 g/mol. The highest BCUT2D eigenvalue weighted by Crippen LogP contribution is 2.38. The molecule has 0 spiro atoms. The predicted octanol–water partition coefficient (Wildman–Crippen LogP) is 1.35. The summed E-state index contributed by atoms with van der Waals surface area (Å²) in [6, 6.07) is 1.82. The van der Waals surface area contributed by atoms with Gasteiger partial charge in [-0.05, 0) is 12.8 Å². The third-order valence-corrected chi connectivity index (χ3v) is 1.41. The summed E-state index contributed by atoms with van der Waals surface area (Å²) in [5.41, 5.74) is 1.07. The molecular weight excluding hydrogens is 102 g/mol. The number of rotatable bonds is 1. The van der Waals surface area contributed by atoms with Crippen molar-refractivity contribution >= 4 is 0 Å². The van der Waals surface area contributed by atoms with Crippen LogP contribution in [0, 0.1) is 6.26 Å². The summed E-state index contributed by atoms with van der Waals surface area (Å²) in [6.45, 7) is 0. The van der Waals surface area contributed by atoms with Crippen LogP contribution in [0.4, 0.5) is 0 Å². The van der Waals surface area contributed by atoms with E-state index in [0.717, 1.165) is 5.69 Å². The van der Waals surface area contributed by atoms with Crippen LogP contribution in [0.15, 0.2) is 10.6 Å². The van der Waals surface area contributed by atoms with E-state index in [1.807, 2.05) is 6.07 Å². The maximum Gasteiger partial charge on any atom is 0.205 e. The van der Waals surface area contributed by atoms with E-state index >= 15 is 0 Å². The summed E-state index contributed by atoms with van der Waals surface area (Å²) in [7, 11) is 0. The summed E-state index contributed by atoms with van der Waals surface area (Å²) in [5, 5.41) is 3.75. The van der Waals surface area contributed by atoms with Gasteiger partial charge in [-0.25, -0.2) is 0 Å². The molecule has 1 heterocycles. The molecule has 0 bridgehead atoms. The molecule has 1 radical (unpaired) electrons. The number of hydrogen-bond acceptors (Lipinski definition) is 2. The summed E-state index contributed by atoms with van der Waals surface area (Å²) in [4.78, 5) is 0. The summed E-state index contributed by atoms with van der Waals surface area (Å²) in [5.74, 6) is 0.699. The standard InChI is InChI=1S/C6H6NO/c1-2-5(1)6-3-4-8-7-6/h3,5H,1-2H2. The molecule has 0 unspecified atom stereocenters. The molecule has 0 aliphatic heterocycles. The van der Waals surface area contributed by atoms with Crippen molar-refractivity contribution in [1.82, 2.24) is 5.16 Å². The van der Waals surface area contributed by atoms with Gasteiger partial charge in [-0.15, -0.1) is 0 Å². The Labute approximate surface area is 47.5 Å². The van der Waals surface area contributed by atoms with Gasteiger partial charge in [-0.3, -0.25) is 0 Å². The minimum absolute atomic E-state index is 0.699. The molecule has 2 heteroatoms. The van der Waals surface area contributed by atoms with Crippen molar-refractivity contribution in [2.45, 2.75) is 18.8 Å². The van der Waals surface area contributed by atoms with Crippen LogP contribution in [0.2, 0.25) is 0 Å². The van der Waals surface area contributed by atoms with Crippen molar-refractivity contribution < 1.29 is 4.52 Å². The Kier molecular flexibility index (Phi) is 0.692. The number of nitrogens with zero attached hydrogens (tertiary/aromatic N) is 1. The van der Waals surface area contributed by atoms with E-state index in [1.54, 1.807) is 0 Å². The van der Waals surface area contributed by atoms with Crippen LogP contribution in [0.3, 0.4) is 0 Å². The largest absolute Gasteiger partial charge is 0.353 e. The van der Waals surface area contributed by atoms with Gasteiger partial charge in [-0.2, -0.15) is 0 Å². The molecular formula is C6H6NO. The summed E-state index contributed by atoms with van der Waals surface area (Å²) in [6.07, 6.45) is 5.12. The Morgan fingerprint density at radius 3 is 3.12 bits per heavy atom. The third-order valence-electron chi connectivity index (χ3n) is 1.41. The fourth-order valence-electron chi connectivity index (χ4n) is 0.764. The van der Waals surface area contributed by atoms with Gasteiger partial charge in [0.25, 0.3) is 0 Å². The smallest absolute Gasteiger partial charge is 0.205 e. The van der Waals surface area contributed by atoms with E-state index in [1.165, 1.54) is 12.8 Å². The maximum absolute atomic E-state index is 4.54. The molecule has 0 saturated heterocycles. The predicted molar refractivity (Wildman–Crippen MR) is 27.3 cm³/mol. The average molecular weight is 108 g/mol. The van der Waals surface area contributed by atoms with Crippen molar-refractivity contribution in [2.24, 2.45) is 0 Å². The van der Waals surface area contributed by atoms with E-state index < -0.39 is 0 Å². The van der Waals surface area contributed by atoms with E-state index in [9.17, 15) is 0 Å². The van der Waals surface area contributed by atoms with E-state index in [2.05, 4.69) is 15.9 Å².